The smallest absolute Gasteiger partial charge is 0.274 e. The summed E-state index contributed by atoms with van der Waals surface area (Å²) in [5.74, 6) is 0.343. The summed E-state index contributed by atoms with van der Waals surface area (Å²) in [5, 5.41) is 18.7. The zero-order chi connectivity index (χ0) is 17.1. The lowest BCUT2D eigenvalue weighted by Crippen LogP contribution is -2.31. The molecule has 1 N–H and O–H groups in total. The SMILES string of the molecule is CC(CN(C)C(=O)c1ccn(-c2ccccc2Cl)n1)c1nn[nH]n1. The summed E-state index contributed by atoms with van der Waals surface area (Å²) >= 11 is 6.16. The molecule has 0 aliphatic rings. The highest BCUT2D eigenvalue weighted by atomic mass is 35.5. The summed E-state index contributed by atoms with van der Waals surface area (Å²) in [6.45, 7) is 2.38. The highest BCUT2D eigenvalue weighted by molar-refractivity contribution is 6.32. The molecule has 1 unspecified atom stereocenters. The summed E-state index contributed by atoms with van der Waals surface area (Å²) in [5.41, 5.74) is 1.07. The van der Waals surface area contributed by atoms with E-state index in [0.717, 1.165) is 5.69 Å². The van der Waals surface area contributed by atoms with Crippen molar-refractivity contribution in [3.8, 4) is 5.69 Å². The second-order valence-corrected chi connectivity index (χ2v) is 5.86. The van der Waals surface area contributed by atoms with Crippen molar-refractivity contribution in [2.75, 3.05) is 13.6 Å². The van der Waals surface area contributed by atoms with Crippen LogP contribution in [0.4, 0.5) is 0 Å². The van der Waals surface area contributed by atoms with Crippen LogP contribution in [0.5, 0.6) is 0 Å². The first-order valence-corrected chi connectivity index (χ1v) is 7.73. The molecule has 0 spiro atoms. The standard InChI is InChI=1S/C15H16ClN7O/c1-10(14-17-20-21-18-14)9-22(2)15(24)12-7-8-23(19-12)13-6-4-3-5-11(13)16/h3-8,10H,9H2,1-2H3,(H,17,18,20,21). The van der Waals surface area contributed by atoms with Crippen molar-refractivity contribution in [3.63, 3.8) is 0 Å². The minimum atomic E-state index is -0.184. The average molecular weight is 346 g/mol. The van der Waals surface area contributed by atoms with Crippen molar-refractivity contribution in [1.29, 1.82) is 0 Å². The van der Waals surface area contributed by atoms with Gasteiger partial charge in [-0.15, -0.1) is 10.2 Å². The van der Waals surface area contributed by atoms with Crippen LogP contribution in [0.25, 0.3) is 5.69 Å². The van der Waals surface area contributed by atoms with Crippen molar-refractivity contribution in [2.24, 2.45) is 0 Å². The Hall–Kier alpha value is -2.74. The van der Waals surface area contributed by atoms with Crippen molar-refractivity contribution < 1.29 is 4.79 Å². The third kappa shape index (κ3) is 3.28. The number of hydrogen-bond acceptors (Lipinski definition) is 5. The Morgan fingerprint density at radius 1 is 1.38 bits per heavy atom. The summed E-state index contributed by atoms with van der Waals surface area (Å²) in [6.07, 6.45) is 1.71. The number of benzene rings is 1. The lowest BCUT2D eigenvalue weighted by Gasteiger charge is -2.18. The number of para-hydroxylation sites is 1. The first-order valence-electron chi connectivity index (χ1n) is 7.35. The van der Waals surface area contributed by atoms with E-state index in [1.165, 1.54) is 0 Å². The predicted molar refractivity (Wildman–Crippen MR) is 88.1 cm³/mol. The molecule has 24 heavy (non-hydrogen) atoms. The van der Waals surface area contributed by atoms with Gasteiger partial charge in [0, 0.05) is 25.7 Å². The first-order chi connectivity index (χ1) is 11.6. The van der Waals surface area contributed by atoms with Gasteiger partial charge in [0.15, 0.2) is 11.5 Å². The van der Waals surface area contributed by atoms with Crippen LogP contribution in [0.2, 0.25) is 5.02 Å². The molecule has 0 bridgehead atoms. The fourth-order valence-electron chi connectivity index (χ4n) is 2.36. The molecule has 0 saturated heterocycles. The maximum Gasteiger partial charge on any atom is 0.274 e. The summed E-state index contributed by atoms with van der Waals surface area (Å²) in [4.78, 5) is 14.1. The van der Waals surface area contributed by atoms with Crippen LogP contribution in [0.1, 0.15) is 29.2 Å². The molecule has 2 heterocycles. The van der Waals surface area contributed by atoms with E-state index >= 15 is 0 Å². The maximum absolute atomic E-state index is 12.5. The van der Waals surface area contributed by atoms with Gasteiger partial charge in [-0.2, -0.15) is 10.3 Å². The Kier molecular flexibility index (Phi) is 4.57. The van der Waals surface area contributed by atoms with E-state index in [9.17, 15) is 4.79 Å². The van der Waals surface area contributed by atoms with E-state index in [-0.39, 0.29) is 11.8 Å². The number of halogens is 1. The fourth-order valence-corrected chi connectivity index (χ4v) is 2.58. The number of nitrogens with one attached hydrogen (secondary N) is 1. The molecule has 9 heteroatoms. The zero-order valence-electron chi connectivity index (χ0n) is 13.2. The maximum atomic E-state index is 12.5. The average Bonchev–Trinajstić information content (AvgIpc) is 3.26. The first kappa shape index (κ1) is 16.1. The number of hydrogen-bond donors (Lipinski definition) is 1. The Bertz CT molecular complexity index is 830. The van der Waals surface area contributed by atoms with Crippen LogP contribution < -0.4 is 0 Å². The number of rotatable bonds is 5. The largest absolute Gasteiger partial charge is 0.340 e. The van der Waals surface area contributed by atoms with Crippen LogP contribution in [-0.4, -0.2) is 54.8 Å². The number of carbonyl (C=O) groups is 1. The summed E-state index contributed by atoms with van der Waals surface area (Å²) < 4.78 is 1.59. The highest BCUT2D eigenvalue weighted by Crippen LogP contribution is 2.19. The van der Waals surface area contributed by atoms with E-state index < -0.39 is 0 Å². The third-order valence-electron chi connectivity index (χ3n) is 3.60. The second-order valence-electron chi connectivity index (χ2n) is 5.45. The molecular weight excluding hydrogens is 330 g/mol. The molecule has 2 aromatic heterocycles. The number of tetrazole rings is 1. The third-order valence-corrected chi connectivity index (χ3v) is 3.92. The number of amides is 1. The summed E-state index contributed by atoms with van der Waals surface area (Å²) in [7, 11) is 1.72. The van der Waals surface area contributed by atoms with Gasteiger partial charge >= 0.3 is 0 Å². The number of H-pyrrole nitrogens is 1. The van der Waals surface area contributed by atoms with Crippen LogP contribution in [0, 0.1) is 0 Å². The normalized spacial score (nSPS) is 12.1. The van der Waals surface area contributed by atoms with E-state index in [1.54, 1.807) is 35.0 Å². The van der Waals surface area contributed by atoms with Gasteiger partial charge in [0.25, 0.3) is 5.91 Å². The topological polar surface area (TPSA) is 92.6 Å². The molecule has 0 radical (unpaired) electrons. The Balaban J connectivity index is 1.72. The Labute approximate surface area is 143 Å². The van der Waals surface area contributed by atoms with Crippen molar-refractivity contribution in [2.45, 2.75) is 12.8 Å². The van der Waals surface area contributed by atoms with Crippen molar-refractivity contribution in [1.82, 2.24) is 35.3 Å². The zero-order valence-corrected chi connectivity index (χ0v) is 14.0. The second kappa shape index (κ2) is 6.79. The molecule has 1 amide bonds. The monoisotopic (exact) mass is 345 g/mol. The van der Waals surface area contributed by atoms with Crippen molar-refractivity contribution >= 4 is 17.5 Å². The fraction of sp³-hybridized carbons (Fsp3) is 0.267. The van der Waals surface area contributed by atoms with Gasteiger partial charge in [-0.1, -0.05) is 35.9 Å². The number of nitrogens with zero attached hydrogens (tertiary/aromatic N) is 6. The number of aromatic nitrogens is 6. The van der Waals surface area contributed by atoms with E-state index in [2.05, 4.69) is 25.7 Å². The Morgan fingerprint density at radius 2 is 2.17 bits per heavy atom. The van der Waals surface area contributed by atoms with E-state index in [1.807, 2.05) is 25.1 Å². The molecular formula is C15H16ClN7O. The number of aromatic amines is 1. The van der Waals surface area contributed by atoms with Gasteiger partial charge in [-0.05, 0) is 18.2 Å². The molecule has 0 fully saturated rings. The lowest BCUT2D eigenvalue weighted by molar-refractivity contribution is 0.0781. The minimum Gasteiger partial charge on any atom is -0.340 e. The van der Waals surface area contributed by atoms with Crippen LogP contribution in [-0.2, 0) is 0 Å². The van der Waals surface area contributed by atoms with Crippen LogP contribution >= 0.6 is 11.6 Å². The van der Waals surface area contributed by atoms with Crippen LogP contribution in [0.3, 0.4) is 0 Å². The minimum absolute atomic E-state index is 0.0386. The number of carbonyl (C=O) groups excluding carboxylic acids is 1. The van der Waals surface area contributed by atoms with E-state index in [4.69, 9.17) is 11.6 Å². The van der Waals surface area contributed by atoms with Gasteiger partial charge in [0.1, 0.15) is 0 Å². The van der Waals surface area contributed by atoms with Crippen LogP contribution in [0.15, 0.2) is 36.5 Å². The van der Waals surface area contributed by atoms with Gasteiger partial charge in [0.05, 0.1) is 10.7 Å². The molecule has 1 aromatic carbocycles. The number of likely N-dealkylation sites (N-methyl/N-ethyl adjacent to an activating group) is 1. The van der Waals surface area contributed by atoms with Gasteiger partial charge < -0.3 is 4.90 Å². The molecule has 1 atom stereocenters. The molecule has 0 aliphatic carbocycles. The molecule has 0 aliphatic heterocycles. The molecule has 124 valence electrons. The van der Waals surface area contributed by atoms with Gasteiger partial charge in [-0.25, -0.2) is 4.68 Å². The summed E-state index contributed by atoms with van der Waals surface area (Å²) in [6, 6.07) is 8.99. The molecule has 3 aromatic rings. The quantitative estimate of drug-likeness (QED) is 0.762. The molecule has 0 saturated carbocycles. The highest BCUT2D eigenvalue weighted by Gasteiger charge is 2.20. The van der Waals surface area contributed by atoms with Gasteiger partial charge in [-0.3, -0.25) is 4.79 Å². The van der Waals surface area contributed by atoms with Crippen molar-refractivity contribution in [3.05, 3.63) is 53.1 Å². The van der Waals surface area contributed by atoms with Gasteiger partial charge in [0.2, 0.25) is 0 Å². The molecule has 3 rings (SSSR count). The predicted octanol–water partition coefficient (Wildman–Crippen LogP) is 1.91. The van der Waals surface area contributed by atoms with E-state index in [0.29, 0.717) is 23.1 Å². The molecule has 8 nitrogen and oxygen atoms in total. The Morgan fingerprint density at radius 3 is 2.88 bits per heavy atom. The lowest BCUT2D eigenvalue weighted by atomic mass is 10.1.